The SMILES string of the molecule is C[Si](C)(C)OS(=O)(=O)c1ccccc1[N+](=O)[O-]. The molecule has 0 aliphatic carbocycles. The highest BCUT2D eigenvalue weighted by molar-refractivity contribution is 7.88. The summed E-state index contributed by atoms with van der Waals surface area (Å²) in [6.07, 6.45) is 0. The largest absolute Gasteiger partial charge is 0.312 e. The Hall–Kier alpha value is -1.25. The third kappa shape index (κ3) is 3.61. The van der Waals surface area contributed by atoms with E-state index in [1.165, 1.54) is 18.2 Å². The van der Waals surface area contributed by atoms with Gasteiger partial charge in [-0.2, -0.15) is 8.42 Å². The Morgan fingerprint density at radius 3 is 2.24 bits per heavy atom. The van der Waals surface area contributed by atoms with Gasteiger partial charge in [-0.3, -0.25) is 10.1 Å². The molecule has 0 N–H and O–H groups in total. The fraction of sp³-hybridized carbons (Fsp3) is 0.333. The molecule has 1 aromatic rings. The molecule has 17 heavy (non-hydrogen) atoms. The Labute approximate surface area is 101 Å². The molecule has 0 unspecified atom stereocenters. The standard InChI is InChI=1S/C9H13NO5SSi/c1-17(2,3)15-16(13,14)9-7-5-4-6-8(9)10(11)12/h4-7H,1-3H3. The lowest BCUT2D eigenvalue weighted by atomic mass is 10.3. The van der Waals surface area contributed by atoms with Gasteiger partial charge in [-0.05, 0) is 25.7 Å². The average molecular weight is 275 g/mol. The van der Waals surface area contributed by atoms with Gasteiger partial charge < -0.3 is 3.87 Å². The van der Waals surface area contributed by atoms with Gasteiger partial charge in [-0.25, -0.2) is 0 Å². The van der Waals surface area contributed by atoms with Crippen LogP contribution >= 0.6 is 0 Å². The van der Waals surface area contributed by atoms with Crippen LogP contribution in [0.15, 0.2) is 29.2 Å². The van der Waals surface area contributed by atoms with E-state index in [9.17, 15) is 18.5 Å². The molecule has 0 fully saturated rings. The topological polar surface area (TPSA) is 86.5 Å². The summed E-state index contributed by atoms with van der Waals surface area (Å²) in [5.41, 5.74) is -0.467. The van der Waals surface area contributed by atoms with Crippen molar-refractivity contribution in [2.75, 3.05) is 0 Å². The van der Waals surface area contributed by atoms with Crippen molar-refractivity contribution in [3.63, 3.8) is 0 Å². The molecule has 0 radical (unpaired) electrons. The van der Waals surface area contributed by atoms with Crippen molar-refractivity contribution in [3.8, 4) is 0 Å². The first kappa shape index (κ1) is 13.8. The monoisotopic (exact) mass is 275 g/mol. The van der Waals surface area contributed by atoms with E-state index in [1.807, 2.05) is 0 Å². The number of hydrogen-bond donors (Lipinski definition) is 0. The van der Waals surface area contributed by atoms with Gasteiger partial charge in [0.15, 0.2) is 4.90 Å². The van der Waals surface area contributed by atoms with Crippen molar-refractivity contribution in [1.82, 2.24) is 0 Å². The molecule has 0 saturated carbocycles. The van der Waals surface area contributed by atoms with Crippen LogP contribution in [-0.4, -0.2) is 21.7 Å². The van der Waals surface area contributed by atoms with Crippen molar-refractivity contribution < 1.29 is 17.2 Å². The number of para-hydroxylation sites is 1. The van der Waals surface area contributed by atoms with Crippen LogP contribution in [0.1, 0.15) is 0 Å². The summed E-state index contributed by atoms with van der Waals surface area (Å²) in [7, 11) is -6.42. The Morgan fingerprint density at radius 2 is 1.76 bits per heavy atom. The minimum absolute atomic E-state index is 0.396. The molecule has 94 valence electrons. The van der Waals surface area contributed by atoms with Gasteiger partial charge in [0.1, 0.15) is 0 Å². The van der Waals surface area contributed by atoms with Gasteiger partial charge in [0, 0.05) is 6.07 Å². The molecular weight excluding hydrogens is 262 g/mol. The molecule has 1 rings (SSSR count). The molecule has 0 aliphatic heterocycles. The van der Waals surface area contributed by atoms with Crippen molar-refractivity contribution in [3.05, 3.63) is 34.4 Å². The van der Waals surface area contributed by atoms with Gasteiger partial charge in [-0.1, -0.05) is 12.1 Å². The average Bonchev–Trinajstić information content (AvgIpc) is 2.14. The Bertz CT molecular complexity index is 535. The highest BCUT2D eigenvalue weighted by Gasteiger charge is 2.31. The summed E-state index contributed by atoms with van der Waals surface area (Å²) in [5, 5.41) is 10.7. The molecule has 0 atom stereocenters. The summed E-state index contributed by atoms with van der Waals surface area (Å²) < 4.78 is 28.8. The van der Waals surface area contributed by atoms with Crippen LogP contribution in [0.3, 0.4) is 0 Å². The van der Waals surface area contributed by atoms with Crippen molar-refractivity contribution in [2.45, 2.75) is 24.5 Å². The molecule has 0 aromatic heterocycles. The van der Waals surface area contributed by atoms with E-state index < -0.39 is 33.9 Å². The number of hydrogen-bond acceptors (Lipinski definition) is 5. The highest BCUT2D eigenvalue weighted by atomic mass is 32.2. The Balaban J connectivity index is 3.30. The van der Waals surface area contributed by atoms with Crippen molar-refractivity contribution in [1.29, 1.82) is 0 Å². The van der Waals surface area contributed by atoms with Crippen LogP contribution < -0.4 is 0 Å². The van der Waals surface area contributed by atoms with E-state index in [0.717, 1.165) is 6.07 Å². The first-order valence-electron chi connectivity index (χ1n) is 4.82. The lowest BCUT2D eigenvalue weighted by Crippen LogP contribution is -2.29. The fourth-order valence-electron chi connectivity index (χ4n) is 1.19. The molecule has 0 bridgehead atoms. The Morgan fingerprint density at radius 1 is 1.24 bits per heavy atom. The second-order valence-electron chi connectivity index (χ2n) is 4.37. The first-order chi connectivity index (χ1) is 7.63. The van der Waals surface area contributed by atoms with Gasteiger partial charge in [0.05, 0.1) is 4.92 Å². The molecule has 0 heterocycles. The summed E-state index contributed by atoms with van der Waals surface area (Å²) in [6, 6.07) is 5.15. The van der Waals surface area contributed by atoms with Crippen LogP contribution in [0.25, 0.3) is 0 Å². The zero-order valence-corrected chi connectivity index (χ0v) is 11.5. The van der Waals surface area contributed by atoms with Crippen LogP contribution in [0.4, 0.5) is 5.69 Å². The van der Waals surface area contributed by atoms with Crippen LogP contribution in [0.2, 0.25) is 19.6 Å². The lowest BCUT2D eigenvalue weighted by molar-refractivity contribution is -0.387. The first-order valence-corrected chi connectivity index (χ1v) is 9.64. The Kier molecular flexibility index (Phi) is 3.70. The number of benzene rings is 1. The maximum atomic E-state index is 11.9. The summed E-state index contributed by atoms with van der Waals surface area (Å²) >= 11 is 0. The third-order valence-corrected chi connectivity index (χ3v) is 5.45. The predicted octanol–water partition coefficient (Wildman–Crippen LogP) is 2.13. The van der Waals surface area contributed by atoms with Gasteiger partial charge in [-0.15, -0.1) is 0 Å². The number of nitrogens with zero attached hydrogens (tertiary/aromatic N) is 1. The molecule has 0 saturated heterocycles. The quantitative estimate of drug-likeness (QED) is 0.477. The number of rotatable bonds is 4. The summed E-state index contributed by atoms with van der Waals surface area (Å²) in [6.45, 7) is 5.08. The number of nitro benzene ring substituents is 1. The zero-order chi connectivity index (χ0) is 13.3. The molecular formula is C9H13NO5SSi. The van der Waals surface area contributed by atoms with Gasteiger partial charge in [0.25, 0.3) is 15.8 Å². The smallest absolute Gasteiger partial charge is 0.294 e. The highest BCUT2D eigenvalue weighted by Crippen LogP contribution is 2.26. The molecule has 0 amide bonds. The minimum Gasteiger partial charge on any atom is -0.312 e. The third-order valence-electron chi connectivity index (χ3n) is 1.69. The van der Waals surface area contributed by atoms with Crippen LogP contribution in [0.5, 0.6) is 0 Å². The molecule has 0 aliphatic rings. The normalized spacial score (nSPS) is 12.4. The lowest BCUT2D eigenvalue weighted by Gasteiger charge is -2.16. The predicted molar refractivity (Wildman–Crippen MR) is 64.7 cm³/mol. The van der Waals surface area contributed by atoms with E-state index in [1.54, 1.807) is 19.6 Å². The molecule has 0 spiro atoms. The molecule has 1 aromatic carbocycles. The zero-order valence-electron chi connectivity index (χ0n) is 9.71. The van der Waals surface area contributed by atoms with Crippen molar-refractivity contribution in [2.24, 2.45) is 0 Å². The second-order valence-corrected chi connectivity index (χ2v) is 10.6. The second kappa shape index (κ2) is 4.55. The molecule has 6 nitrogen and oxygen atoms in total. The minimum atomic E-state index is -4.07. The summed E-state index contributed by atoms with van der Waals surface area (Å²) in [5.74, 6) is 0. The maximum absolute atomic E-state index is 11.9. The van der Waals surface area contributed by atoms with E-state index >= 15 is 0 Å². The van der Waals surface area contributed by atoms with E-state index in [2.05, 4.69) is 0 Å². The summed E-state index contributed by atoms with van der Waals surface area (Å²) in [4.78, 5) is 9.60. The van der Waals surface area contributed by atoms with E-state index in [0.29, 0.717) is 0 Å². The fourth-order valence-corrected chi connectivity index (χ4v) is 4.83. The van der Waals surface area contributed by atoms with Crippen LogP contribution in [0, 0.1) is 10.1 Å². The van der Waals surface area contributed by atoms with Crippen LogP contribution in [-0.2, 0) is 14.0 Å². The maximum Gasteiger partial charge on any atom is 0.294 e. The van der Waals surface area contributed by atoms with E-state index in [-0.39, 0.29) is 0 Å². The van der Waals surface area contributed by atoms with Gasteiger partial charge in [0.2, 0.25) is 8.32 Å². The number of nitro groups is 1. The van der Waals surface area contributed by atoms with Gasteiger partial charge >= 0.3 is 0 Å². The molecule has 8 heteroatoms. The van der Waals surface area contributed by atoms with Crippen molar-refractivity contribution >= 4 is 24.1 Å². The van der Waals surface area contributed by atoms with E-state index in [4.69, 9.17) is 3.87 Å².